The van der Waals surface area contributed by atoms with Gasteiger partial charge in [-0.2, -0.15) is 0 Å². The molecule has 3 N–H and O–H groups in total. The van der Waals surface area contributed by atoms with Crippen molar-refractivity contribution < 1.29 is 4.79 Å². The number of amides is 1. The molecule has 0 atom stereocenters. The Labute approximate surface area is 99.5 Å². The zero-order valence-corrected chi connectivity index (χ0v) is 9.79. The number of nitrogens with zero attached hydrogens (tertiary/aromatic N) is 1. The highest BCUT2D eigenvalue weighted by Gasteiger charge is 2.04. The molecule has 1 amide bonds. The summed E-state index contributed by atoms with van der Waals surface area (Å²) >= 11 is 5.52. The zero-order chi connectivity index (χ0) is 12.0. The number of nitrogens with two attached hydrogens (primary N) is 1. The second kappa shape index (κ2) is 6.12. The van der Waals surface area contributed by atoms with Gasteiger partial charge in [0, 0.05) is 12.1 Å². The second-order valence-electron chi connectivity index (χ2n) is 3.15. The fourth-order valence-electron chi connectivity index (χ4n) is 1.18. The Morgan fingerprint density at radius 1 is 1.56 bits per heavy atom. The normalized spacial score (nSPS) is 11.2. The Kier molecular flexibility index (Phi) is 4.79. The van der Waals surface area contributed by atoms with Gasteiger partial charge in [-0.15, -0.1) is 11.6 Å². The molecule has 0 aromatic heterocycles. The minimum absolute atomic E-state index is 0.121. The highest BCUT2D eigenvalue weighted by atomic mass is 35.5. The van der Waals surface area contributed by atoms with Gasteiger partial charge in [-0.3, -0.25) is 4.79 Å². The topological polar surface area (TPSA) is 67.5 Å². The number of carbonyl (C=O) groups excluding carboxylic acids is 1. The molecule has 0 heterocycles. The van der Waals surface area contributed by atoms with E-state index in [1.807, 2.05) is 6.92 Å². The number of amidine groups is 1. The third-order valence-corrected chi connectivity index (χ3v) is 2.13. The maximum Gasteiger partial charge on any atom is 0.251 e. The van der Waals surface area contributed by atoms with Crippen LogP contribution in [0.25, 0.3) is 0 Å². The molecule has 0 aliphatic carbocycles. The molecule has 16 heavy (non-hydrogen) atoms. The highest BCUT2D eigenvalue weighted by molar-refractivity contribution is 6.28. The molecule has 0 fully saturated rings. The van der Waals surface area contributed by atoms with Crippen molar-refractivity contribution in [2.24, 2.45) is 10.7 Å². The maximum atomic E-state index is 11.5. The molecule has 0 aliphatic heterocycles. The first-order chi connectivity index (χ1) is 7.67. The van der Waals surface area contributed by atoms with Crippen LogP contribution in [0.15, 0.2) is 29.3 Å². The van der Waals surface area contributed by atoms with Crippen molar-refractivity contribution in [1.82, 2.24) is 5.32 Å². The third-order valence-electron chi connectivity index (χ3n) is 1.86. The van der Waals surface area contributed by atoms with Gasteiger partial charge < -0.3 is 11.1 Å². The van der Waals surface area contributed by atoms with Crippen LogP contribution in [0.2, 0.25) is 0 Å². The van der Waals surface area contributed by atoms with Crippen LogP contribution in [-0.2, 0) is 0 Å². The molecule has 4 nitrogen and oxygen atoms in total. The quantitative estimate of drug-likeness (QED) is 0.477. The lowest BCUT2D eigenvalue weighted by molar-refractivity contribution is 0.0956. The average Bonchev–Trinajstić information content (AvgIpc) is 2.29. The summed E-state index contributed by atoms with van der Waals surface area (Å²) in [7, 11) is 0. The highest BCUT2D eigenvalue weighted by Crippen LogP contribution is 2.14. The molecule has 0 bridgehead atoms. The number of alkyl halides is 1. The van der Waals surface area contributed by atoms with Gasteiger partial charge in [-0.05, 0) is 25.1 Å². The first kappa shape index (κ1) is 12.5. The smallest absolute Gasteiger partial charge is 0.251 e. The van der Waals surface area contributed by atoms with Gasteiger partial charge in [0.25, 0.3) is 5.91 Å². The molecule has 0 radical (unpaired) electrons. The standard InChI is InChI=1S/C11H14ClN3O/c1-2-14-11(16)8-4-3-5-9(6-8)15-10(13)7-12/h3-6H,2,7H2,1H3,(H2,13,15)(H,14,16). The molecule has 0 saturated heterocycles. The van der Waals surface area contributed by atoms with Crippen LogP contribution >= 0.6 is 11.6 Å². The lowest BCUT2D eigenvalue weighted by atomic mass is 10.2. The molecule has 1 aromatic carbocycles. The van der Waals surface area contributed by atoms with Crippen molar-refractivity contribution in [2.75, 3.05) is 12.4 Å². The number of rotatable bonds is 4. The van der Waals surface area contributed by atoms with Crippen LogP contribution in [0.3, 0.4) is 0 Å². The number of hydrogen-bond donors (Lipinski definition) is 2. The van der Waals surface area contributed by atoms with Crippen LogP contribution in [-0.4, -0.2) is 24.2 Å². The lowest BCUT2D eigenvalue weighted by Crippen LogP contribution is -2.22. The van der Waals surface area contributed by atoms with Gasteiger partial charge in [0.05, 0.1) is 11.6 Å². The molecule has 0 unspecified atom stereocenters. The summed E-state index contributed by atoms with van der Waals surface area (Å²) in [4.78, 5) is 15.6. The van der Waals surface area contributed by atoms with Gasteiger partial charge >= 0.3 is 0 Å². The number of aliphatic imine (C=N–C) groups is 1. The Balaban J connectivity index is 2.91. The van der Waals surface area contributed by atoms with E-state index in [-0.39, 0.29) is 11.8 Å². The van der Waals surface area contributed by atoms with Crippen molar-refractivity contribution in [2.45, 2.75) is 6.92 Å². The summed E-state index contributed by atoms with van der Waals surface area (Å²) in [6, 6.07) is 6.92. The van der Waals surface area contributed by atoms with E-state index in [1.54, 1.807) is 24.3 Å². The van der Waals surface area contributed by atoms with E-state index in [2.05, 4.69) is 10.3 Å². The second-order valence-corrected chi connectivity index (χ2v) is 3.41. The van der Waals surface area contributed by atoms with Crippen LogP contribution in [0.5, 0.6) is 0 Å². The summed E-state index contributed by atoms with van der Waals surface area (Å²) in [5, 5.41) is 2.71. The van der Waals surface area contributed by atoms with Gasteiger partial charge in [0.1, 0.15) is 5.84 Å². The van der Waals surface area contributed by atoms with Crippen molar-refractivity contribution in [3.63, 3.8) is 0 Å². The molecular formula is C11H14ClN3O. The van der Waals surface area contributed by atoms with E-state index in [0.29, 0.717) is 23.6 Å². The third kappa shape index (κ3) is 3.55. The van der Waals surface area contributed by atoms with Gasteiger partial charge in [-0.25, -0.2) is 4.99 Å². The van der Waals surface area contributed by atoms with E-state index in [4.69, 9.17) is 17.3 Å². The maximum absolute atomic E-state index is 11.5. The Bertz CT molecular complexity index is 404. The molecule has 0 saturated carbocycles. The molecule has 1 rings (SSSR count). The van der Waals surface area contributed by atoms with E-state index >= 15 is 0 Å². The zero-order valence-electron chi connectivity index (χ0n) is 9.03. The minimum Gasteiger partial charge on any atom is -0.386 e. The van der Waals surface area contributed by atoms with E-state index in [0.717, 1.165) is 0 Å². The summed E-state index contributed by atoms with van der Waals surface area (Å²) in [6.45, 7) is 2.46. The van der Waals surface area contributed by atoms with Gasteiger partial charge in [-0.1, -0.05) is 6.07 Å². The number of hydrogen-bond acceptors (Lipinski definition) is 2. The first-order valence-corrected chi connectivity index (χ1v) is 5.48. The summed E-state index contributed by atoms with van der Waals surface area (Å²) in [5.41, 5.74) is 6.69. The van der Waals surface area contributed by atoms with E-state index in [9.17, 15) is 4.79 Å². The summed E-state index contributed by atoms with van der Waals surface area (Å²) in [5.74, 6) is 0.379. The van der Waals surface area contributed by atoms with Gasteiger partial charge in [0.15, 0.2) is 0 Å². The average molecular weight is 240 g/mol. The van der Waals surface area contributed by atoms with Crippen LogP contribution in [0, 0.1) is 0 Å². The van der Waals surface area contributed by atoms with E-state index < -0.39 is 0 Å². The van der Waals surface area contributed by atoms with Crippen molar-refractivity contribution >= 4 is 29.0 Å². The Morgan fingerprint density at radius 3 is 2.94 bits per heavy atom. The molecule has 0 spiro atoms. The lowest BCUT2D eigenvalue weighted by Gasteiger charge is -2.03. The van der Waals surface area contributed by atoms with Gasteiger partial charge in [0.2, 0.25) is 0 Å². The molecule has 1 aromatic rings. The molecule has 5 heteroatoms. The Morgan fingerprint density at radius 2 is 2.31 bits per heavy atom. The number of carbonyl (C=O) groups is 1. The SMILES string of the molecule is CCNC(=O)c1cccc(N=C(N)CCl)c1. The van der Waals surface area contributed by atoms with Crippen LogP contribution in [0.4, 0.5) is 5.69 Å². The molecular weight excluding hydrogens is 226 g/mol. The number of benzene rings is 1. The fraction of sp³-hybridized carbons (Fsp3) is 0.273. The van der Waals surface area contributed by atoms with Crippen molar-refractivity contribution in [3.05, 3.63) is 29.8 Å². The fourth-order valence-corrected chi connectivity index (χ4v) is 1.23. The molecule has 0 aliphatic rings. The minimum atomic E-state index is -0.121. The number of halogens is 1. The predicted molar refractivity (Wildman–Crippen MR) is 66.5 cm³/mol. The van der Waals surface area contributed by atoms with Crippen LogP contribution < -0.4 is 11.1 Å². The number of nitrogens with one attached hydrogen (secondary N) is 1. The predicted octanol–water partition coefficient (Wildman–Crippen LogP) is 1.66. The first-order valence-electron chi connectivity index (χ1n) is 4.94. The monoisotopic (exact) mass is 239 g/mol. The largest absolute Gasteiger partial charge is 0.386 e. The van der Waals surface area contributed by atoms with Crippen LogP contribution in [0.1, 0.15) is 17.3 Å². The van der Waals surface area contributed by atoms with Crippen molar-refractivity contribution in [1.29, 1.82) is 0 Å². The summed E-state index contributed by atoms with van der Waals surface area (Å²) < 4.78 is 0. The van der Waals surface area contributed by atoms with E-state index in [1.165, 1.54) is 0 Å². The summed E-state index contributed by atoms with van der Waals surface area (Å²) in [6.07, 6.45) is 0. The Hall–Kier alpha value is -1.55. The molecule has 86 valence electrons. The van der Waals surface area contributed by atoms with Crippen molar-refractivity contribution in [3.8, 4) is 0 Å².